The van der Waals surface area contributed by atoms with Crippen molar-refractivity contribution in [1.82, 2.24) is 4.72 Å². The number of alkyl halides is 1. The van der Waals surface area contributed by atoms with Gasteiger partial charge in [-0.1, -0.05) is 29.8 Å². The van der Waals surface area contributed by atoms with Crippen LogP contribution in [0.3, 0.4) is 0 Å². The summed E-state index contributed by atoms with van der Waals surface area (Å²) >= 11 is 3.32. The lowest BCUT2D eigenvalue weighted by molar-refractivity contribution is 0.482. The van der Waals surface area contributed by atoms with Crippen molar-refractivity contribution in [2.75, 3.05) is 11.1 Å². The maximum atomic E-state index is 11.6. The van der Waals surface area contributed by atoms with E-state index in [1.54, 1.807) is 0 Å². The van der Waals surface area contributed by atoms with Crippen LogP contribution >= 0.6 is 15.9 Å². The molecule has 84 valence electrons. The van der Waals surface area contributed by atoms with Gasteiger partial charge in [-0.2, -0.15) is 0 Å². The van der Waals surface area contributed by atoms with E-state index in [2.05, 4.69) is 20.7 Å². The summed E-state index contributed by atoms with van der Waals surface area (Å²) in [6, 6.07) is 0.0127. The van der Waals surface area contributed by atoms with Crippen molar-refractivity contribution in [3.05, 3.63) is 0 Å². The number of nitrogens with one attached hydrogen (secondary N) is 1. The molecule has 0 aromatic carbocycles. The predicted molar refractivity (Wildman–Crippen MR) is 62.1 cm³/mol. The molecule has 0 aromatic heterocycles. The second-order valence-electron chi connectivity index (χ2n) is 4.35. The summed E-state index contributed by atoms with van der Waals surface area (Å²) in [7, 11) is -3.05. The SMILES string of the molecule is CC(C)C(CBr)NS(=O)(=O)CC1CC1. The van der Waals surface area contributed by atoms with Crippen LogP contribution in [0.5, 0.6) is 0 Å². The summed E-state index contributed by atoms with van der Waals surface area (Å²) in [5, 5.41) is 0.675. The Morgan fingerprint density at radius 1 is 1.43 bits per heavy atom. The first-order chi connectivity index (χ1) is 6.44. The van der Waals surface area contributed by atoms with E-state index in [4.69, 9.17) is 0 Å². The third kappa shape index (κ3) is 4.28. The van der Waals surface area contributed by atoms with Gasteiger partial charge in [0.2, 0.25) is 10.0 Å². The first-order valence-electron chi connectivity index (χ1n) is 5.00. The van der Waals surface area contributed by atoms with Crippen LogP contribution in [0.1, 0.15) is 26.7 Å². The molecule has 0 saturated heterocycles. The average molecular weight is 284 g/mol. The highest BCUT2D eigenvalue weighted by molar-refractivity contribution is 9.09. The van der Waals surface area contributed by atoms with E-state index in [1.165, 1.54) is 0 Å². The molecular formula is C9H18BrNO2S. The third-order valence-corrected chi connectivity index (χ3v) is 4.72. The van der Waals surface area contributed by atoms with E-state index in [-0.39, 0.29) is 6.04 Å². The van der Waals surface area contributed by atoms with E-state index in [1.807, 2.05) is 13.8 Å². The molecule has 0 amide bonds. The van der Waals surface area contributed by atoms with E-state index in [9.17, 15) is 8.42 Å². The minimum Gasteiger partial charge on any atom is -0.212 e. The topological polar surface area (TPSA) is 46.2 Å². The zero-order chi connectivity index (χ0) is 10.8. The van der Waals surface area contributed by atoms with Gasteiger partial charge in [-0.05, 0) is 24.7 Å². The molecule has 14 heavy (non-hydrogen) atoms. The Bertz CT molecular complexity index is 273. The summed E-state index contributed by atoms with van der Waals surface area (Å²) in [5.41, 5.74) is 0. The fraction of sp³-hybridized carbons (Fsp3) is 1.00. The van der Waals surface area contributed by atoms with E-state index in [0.717, 1.165) is 12.8 Å². The Labute approximate surface area is 94.8 Å². The van der Waals surface area contributed by atoms with Crippen LogP contribution in [0.4, 0.5) is 0 Å². The summed E-state index contributed by atoms with van der Waals surface area (Å²) in [6.45, 7) is 4.04. The van der Waals surface area contributed by atoms with Crippen molar-refractivity contribution in [2.24, 2.45) is 11.8 Å². The zero-order valence-electron chi connectivity index (χ0n) is 8.66. The molecule has 1 rings (SSSR count). The Hall–Kier alpha value is 0.390. The van der Waals surface area contributed by atoms with Crippen LogP contribution in [0.15, 0.2) is 0 Å². The molecule has 0 aliphatic heterocycles. The molecule has 0 aromatic rings. The molecule has 1 fully saturated rings. The van der Waals surface area contributed by atoms with Crippen LogP contribution in [0, 0.1) is 11.8 Å². The molecule has 3 nitrogen and oxygen atoms in total. The van der Waals surface area contributed by atoms with Crippen LogP contribution in [-0.2, 0) is 10.0 Å². The van der Waals surface area contributed by atoms with Gasteiger partial charge in [0, 0.05) is 11.4 Å². The third-order valence-electron chi connectivity index (χ3n) is 2.45. The van der Waals surface area contributed by atoms with Crippen molar-refractivity contribution < 1.29 is 8.42 Å². The molecular weight excluding hydrogens is 266 g/mol. The highest BCUT2D eigenvalue weighted by atomic mass is 79.9. The van der Waals surface area contributed by atoms with Gasteiger partial charge in [0.15, 0.2) is 0 Å². The van der Waals surface area contributed by atoms with E-state index in [0.29, 0.717) is 22.9 Å². The highest BCUT2D eigenvalue weighted by Crippen LogP contribution is 2.30. The van der Waals surface area contributed by atoms with Crippen molar-refractivity contribution in [2.45, 2.75) is 32.7 Å². The Balaban J connectivity index is 2.46. The summed E-state index contributed by atoms with van der Waals surface area (Å²) in [4.78, 5) is 0. The Morgan fingerprint density at radius 2 is 2.00 bits per heavy atom. The molecule has 0 bridgehead atoms. The van der Waals surface area contributed by atoms with Gasteiger partial charge < -0.3 is 0 Å². The number of hydrogen-bond acceptors (Lipinski definition) is 2. The molecule has 1 aliphatic carbocycles. The van der Waals surface area contributed by atoms with Crippen molar-refractivity contribution >= 4 is 26.0 Å². The van der Waals surface area contributed by atoms with Gasteiger partial charge in [-0.25, -0.2) is 13.1 Å². The molecule has 0 spiro atoms. The number of rotatable bonds is 6. The molecule has 1 unspecified atom stereocenters. The van der Waals surface area contributed by atoms with E-state index >= 15 is 0 Å². The van der Waals surface area contributed by atoms with Gasteiger partial charge in [0.25, 0.3) is 0 Å². The normalized spacial score (nSPS) is 20.0. The Kier molecular flexibility index (Phi) is 4.40. The number of hydrogen-bond donors (Lipinski definition) is 1. The maximum Gasteiger partial charge on any atom is 0.212 e. The van der Waals surface area contributed by atoms with Crippen LogP contribution in [-0.4, -0.2) is 25.5 Å². The monoisotopic (exact) mass is 283 g/mol. The second kappa shape index (κ2) is 4.94. The molecule has 0 radical (unpaired) electrons. The first kappa shape index (κ1) is 12.5. The quantitative estimate of drug-likeness (QED) is 0.755. The fourth-order valence-corrected chi connectivity index (χ4v) is 4.21. The molecule has 5 heteroatoms. The van der Waals surface area contributed by atoms with Crippen molar-refractivity contribution in [3.8, 4) is 0 Å². The largest absolute Gasteiger partial charge is 0.212 e. The van der Waals surface area contributed by atoms with Gasteiger partial charge in [-0.3, -0.25) is 0 Å². The van der Waals surface area contributed by atoms with Gasteiger partial charge in [0.1, 0.15) is 0 Å². The molecule has 1 saturated carbocycles. The summed E-state index contributed by atoms with van der Waals surface area (Å²) < 4.78 is 26.0. The lowest BCUT2D eigenvalue weighted by Crippen LogP contribution is -2.41. The van der Waals surface area contributed by atoms with E-state index < -0.39 is 10.0 Å². The number of halogens is 1. The fourth-order valence-electron chi connectivity index (χ4n) is 1.22. The Morgan fingerprint density at radius 3 is 2.36 bits per heavy atom. The number of sulfonamides is 1. The van der Waals surface area contributed by atoms with Crippen LogP contribution in [0.2, 0.25) is 0 Å². The molecule has 1 aliphatic rings. The summed E-state index contributed by atoms with van der Waals surface area (Å²) in [6.07, 6.45) is 2.14. The molecule has 1 N–H and O–H groups in total. The van der Waals surface area contributed by atoms with Gasteiger partial charge in [0.05, 0.1) is 5.75 Å². The maximum absolute atomic E-state index is 11.6. The highest BCUT2D eigenvalue weighted by Gasteiger charge is 2.29. The average Bonchev–Trinajstić information content (AvgIpc) is 2.82. The zero-order valence-corrected chi connectivity index (χ0v) is 11.1. The van der Waals surface area contributed by atoms with Crippen LogP contribution in [0.25, 0.3) is 0 Å². The van der Waals surface area contributed by atoms with Gasteiger partial charge in [-0.15, -0.1) is 0 Å². The molecule has 1 atom stereocenters. The van der Waals surface area contributed by atoms with Crippen molar-refractivity contribution in [3.63, 3.8) is 0 Å². The smallest absolute Gasteiger partial charge is 0.212 e. The first-order valence-corrected chi connectivity index (χ1v) is 7.78. The predicted octanol–water partition coefficient (Wildman–Crippen LogP) is 1.74. The van der Waals surface area contributed by atoms with Gasteiger partial charge >= 0.3 is 0 Å². The lowest BCUT2D eigenvalue weighted by Gasteiger charge is -2.19. The summed E-state index contributed by atoms with van der Waals surface area (Å²) in [5.74, 6) is 1.04. The minimum atomic E-state index is -3.05. The standard InChI is InChI=1S/C9H18BrNO2S/c1-7(2)9(5-10)11-14(12,13)6-8-3-4-8/h7-9,11H,3-6H2,1-2H3. The second-order valence-corrected chi connectivity index (χ2v) is 6.79. The lowest BCUT2D eigenvalue weighted by atomic mass is 10.1. The van der Waals surface area contributed by atoms with Crippen LogP contribution < -0.4 is 4.72 Å². The minimum absolute atomic E-state index is 0.0127. The van der Waals surface area contributed by atoms with Crippen molar-refractivity contribution in [1.29, 1.82) is 0 Å². The molecule has 0 heterocycles.